The fourth-order valence-electron chi connectivity index (χ4n) is 1.69. The molecule has 0 radical (unpaired) electrons. The van der Waals surface area contributed by atoms with Crippen molar-refractivity contribution in [2.75, 3.05) is 13.6 Å². The lowest BCUT2D eigenvalue weighted by Crippen LogP contribution is -2.35. The molecule has 0 amide bonds. The van der Waals surface area contributed by atoms with Crippen molar-refractivity contribution >= 4 is 17.8 Å². The average Bonchev–Trinajstić information content (AvgIpc) is 2.43. The van der Waals surface area contributed by atoms with Crippen molar-refractivity contribution in [3.05, 3.63) is 11.2 Å². The molecule has 0 aromatic heterocycles. The minimum atomic E-state index is 0.616. The fourth-order valence-corrected chi connectivity index (χ4v) is 1.94. The summed E-state index contributed by atoms with van der Waals surface area (Å²) in [5, 5.41) is 5.13. The van der Waals surface area contributed by atoms with Gasteiger partial charge in [0.2, 0.25) is 0 Å². The van der Waals surface area contributed by atoms with E-state index in [-0.39, 0.29) is 0 Å². The predicted octanol–water partition coefficient (Wildman–Crippen LogP) is 2.95. The van der Waals surface area contributed by atoms with Gasteiger partial charge in [0.15, 0.2) is 0 Å². The lowest BCUT2D eigenvalue weighted by atomic mass is 10.0. The van der Waals surface area contributed by atoms with Gasteiger partial charge in [-0.15, -0.1) is 0 Å². The van der Waals surface area contributed by atoms with Gasteiger partial charge in [-0.25, -0.2) is 0 Å². The Morgan fingerprint density at radius 3 is 2.46 bits per heavy atom. The predicted molar refractivity (Wildman–Crippen MR) is 57.6 cm³/mol. The fraction of sp³-hybridized carbons (Fsp3) is 0.700. The Kier molecular flexibility index (Phi) is 3.51. The Morgan fingerprint density at radius 2 is 2.08 bits per heavy atom. The Morgan fingerprint density at radius 1 is 1.46 bits per heavy atom. The van der Waals surface area contributed by atoms with Crippen molar-refractivity contribution in [2.24, 2.45) is 11.0 Å². The van der Waals surface area contributed by atoms with Crippen LogP contribution in [0, 0.1) is 5.92 Å². The van der Waals surface area contributed by atoms with Crippen molar-refractivity contribution in [2.45, 2.75) is 26.7 Å². The van der Waals surface area contributed by atoms with Crippen molar-refractivity contribution in [3.63, 3.8) is 0 Å². The highest BCUT2D eigenvalue weighted by Crippen LogP contribution is 2.22. The minimum absolute atomic E-state index is 0.616. The summed E-state index contributed by atoms with van der Waals surface area (Å²) in [5.74, 6) is 0.737. The second-order valence-electron chi connectivity index (χ2n) is 3.84. The van der Waals surface area contributed by atoms with Crippen LogP contribution in [0.25, 0.3) is 0 Å². The summed E-state index contributed by atoms with van der Waals surface area (Å²) in [7, 11) is 2.09. The topological polar surface area (TPSA) is 12.4 Å². The molecule has 0 aliphatic carbocycles. The zero-order valence-corrected chi connectivity index (χ0v) is 9.38. The minimum Gasteiger partial charge on any atom is -0.173 e. The molecule has 1 aliphatic rings. The molecule has 3 heteroatoms. The Labute approximate surface area is 85.5 Å². The standard InChI is InChI=1S/C10H18ClN2/c1-4-9(5-2)7-13(3)8-10(11)6-12-13/h6,8-9H,4-5,7H2,1-3H3/q+1. The molecule has 0 aromatic rings. The molecule has 0 saturated carbocycles. The van der Waals surface area contributed by atoms with Crippen LogP contribution in [0.2, 0.25) is 0 Å². The van der Waals surface area contributed by atoms with Crippen LogP contribution in [-0.4, -0.2) is 24.4 Å². The van der Waals surface area contributed by atoms with E-state index >= 15 is 0 Å². The monoisotopic (exact) mass is 201 g/mol. The number of hydrogen-bond acceptors (Lipinski definition) is 1. The van der Waals surface area contributed by atoms with Crippen LogP contribution in [0.1, 0.15) is 26.7 Å². The highest BCUT2D eigenvalue weighted by molar-refractivity contribution is 6.39. The highest BCUT2D eigenvalue weighted by Gasteiger charge is 2.26. The molecule has 1 aliphatic heterocycles. The highest BCUT2D eigenvalue weighted by atomic mass is 35.5. The number of rotatable bonds is 4. The third-order valence-electron chi connectivity index (χ3n) is 2.63. The van der Waals surface area contributed by atoms with Gasteiger partial charge in [0, 0.05) is 5.92 Å². The maximum absolute atomic E-state index is 5.86. The first-order chi connectivity index (χ1) is 6.09. The van der Waals surface area contributed by atoms with Crippen LogP contribution < -0.4 is 0 Å². The molecule has 0 fully saturated rings. The van der Waals surface area contributed by atoms with Crippen LogP contribution in [-0.2, 0) is 0 Å². The van der Waals surface area contributed by atoms with Gasteiger partial charge in [0.05, 0.1) is 7.05 Å². The second-order valence-corrected chi connectivity index (χ2v) is 4.27. The van der Waals surface area contributed by atoms with Gasteiger partial charge in [-0.05, 0) is 12.8 Å². The van der Waals surface area contributed by atoms with Crippen molar-refractivity contribution in [3.8, 4) is 0 Å². The first kappa shape index (κ1) is 10.7. The third-order valence-corrected chi connectivity index (χ3v) is 2.82. The molecule has 1 rings (SSSR count). The summed E-state index contributed by atoms with van der Waals surface area (Å²) in [6, 6.07) is 0. The SMILES string of the molecule is CCC(CC)C[N+]1(C)C=C(Cl)C=N1. The molecule has 74 valence electrons. The molecule has 2 nitrogen and oxygen atoms in total. The van der Waals surface area contributed by atoms with Gasteiger partial charge < -0.3 is 0 Å². The lowest BCUT2D eigenvalue weighted by Gasteiger charge is -2.24. The van der Waals surface area contributed by atoms with Crippen LogP contribution in [0.15, 0.2) is 16.3 Å². The van der Waals surface area contributed by atoms with Crippen LogP contribution >= 0.6 is 11.6 Å². The van der Waals surface area contributed by atoms with Crippen LogP contribution in [0.4, 0.5) is 0 Å². The van der Waals surface area contributed by atoms with Crippen LogP contribution in [0.3, 0.4) is 0 Å². The average molecular weight is 202 g/mol. The van der Waals surface area contributed by atoms with E-state index in [4.69, 9.17) is 11.6 Å². The Hall–Kier alpha value is -0.340. The van der Waals surface area contributed by atoms with E-state index in [1.807, 2.05) is 6.20 Å². The molecule has 1 atom stereocenters. The molecule has 13 heavy (non-hydrogen) atoms. The maximum Gasteiger partial charge on any atom is 0.143 e. The largest absolute Gasteiger partial charge is 0.173 e. The van der Waals surface area contributed by atoms with Gasteiger partial charge in [0.1, 0.15) is 24.0 Å². The maximum atomic E-state index is 5.86. The molecular weight excluding hydrogens is 184 g/mol. The van der Waals surface area contributed by atoms with E-state index in [2.05, 4.69) is 26.0 Å². The van der Waals surface area contributed by atoms with Crippen molar-refractivity contribution < 1.29 is 4.59 Å². The van der Waals surface area contributed by atoms with E-state index in [1.54, 1.807) is 6.21 Å². The summed E-state index contributed by atoms with van der Waals surface area (Å²) in [5.41, 5.74) is 0. The van der Waals surface area contributed by atoms with Gasteiger partial charge in [-0.2, -0.15) is 4.59 Å². The van der Waals surface area contributed by atoms with Gasteiger partial charge in [-0.1, -0.05) is 30.5 Å². The summed E-state index contributed by atoms with van der Waals surface area (Å²) in [6.45, 7) is 5.51. The molecule has 0 aromatic carbocycles. The third kappa shape index (κ3) is 2.82. The summed E-state index contributed by atoms with van der Waals surface area (Å²) < 4.78 is 0.616. The number of hydrogen-bond donors (Lipinski definition) is 0. The summed E-state index contributed by atoms with van der Waals surface area (Å²) >= 11 is 5.86. The van der Waals surface area contributed by atoms with E-state index in [9.17, 15) is 0 Å². The number of halogens is 1. The first-order valence-electron chi connectivity index (χ1n) is 4.89. The Bertz CT molecular complexity index is 231. The molecule has 0 saturated heterocycles. The first-order valence-corrected chi connectivity index (χ1v) is 5.26. The number of nitrogens with zero attached hydrogens (tertiary/aromatic N) is 2. The molecular formula is C10H18ClN2+. The van der Waals surface area contributed by atoms with Gasteiger partial charge in [-0.3, -0.25) is 0 Å². The summed E-state index contributed by atoms with van der Waals surface area (Å²) in [6.07, 6.45) is 6.17. The van der Waals surface area contributed by atoms with Crippen molar-refractivity contribution in [1.29, 1.82) is 0 Å². The smallest absolute Gasteiger partial charge is 0.143 e. The Balaban J connectivity index is 2.58. The van der Waals surface area contributed by atoms with E-state index < -0.39 is 0 Å². The normalized spacial score (nSPS) is 27.0. The summed E-state index contributed by atoms with van der Waals surface area (Å²) in [4.78, 5) is 0. The molecule has 0 spiro atoms. The van der Waals surface area contributed by atoms with Crippen molar-refractivity contribution in [1.82, 2.24) is 0 Å². The van der Waals surface area contributed by atoms with E-state index in [0.29, 0.717) is 4.59 Å². The van der Waals surface area contributed by atoms with E-state index in [1.165, 1.54) is 12.8 Å². The zero-order valence-electron chi connectivity index (χ0n) is 8.63. The van der Waals surface area contributed by atoms with Crippen LogP contribution in [0.5, 0.6) is 0 Å². The quantitative estimate of drug-likeness (QED) is 0.621. The van der Waals surface area contributed by atoms with E-state index in [0.717, 1.165) is 17.5 Å². The molecule has 1 unspecified atom stereocenters. The number of allylic oxidation sites excluding steroid dienone is 1. The number of quaternary nitrogens is 1. The molecule has 0 N–H and O–H groups in total. The lowest BCUT2D eigenvalue weighted by molar-refractivity contribution is -0.867. The second kappa shape index (κ2) is 4.25. The van der Waals surface area contributed by atoms with Gasteiger partial charge in [0.25, 0.3) is 0 Å². The molecule has 1 heterocycles. The molecule has 0 bridgehead atoms. The van der Waals surface area contributed by atoms with Gasteiger partial charge >= 0.3 is 0 Å². The zero-order chi connectivity index (χ0) is 9.90.